The number of carbonyl (C=O) groups is 1. The van der Waals surface area contributed by atoms with Crippen LogP contribution in [0.1, 0.15) is 33.9 Å². The number of thiophene rings is 1. The molecule has 0 bridgehead atoms. The first-order chi connectivity index (χ1) is 14.9. The molecule has 31 heavy (non-hydrogen) atoms. The third kappa shape index (κ3) is 4.62. The van der Waals surface area contributed by atoms with Crippen molar-refractivity contribution in [2.24, 2.45) is 5.10 Å². The van der Waals surface area contributed by atoms with Crippen LogP contribution in [0.15, 0.2) is 70.5 Å². The minimum Gasteiger partial charge on any atom is -0.497 e. The molecule has 1 aromatic heterocycles. The number of amides is 1. The number of sulfonamides is 1. The Labute approximate surface area is 185 Å². The van der Waals surface area contributed by atoms with Gasteiger partial charge < -0.3 is 4.74 Å². The molecule has 9 heteroatoms. The van der Waals surface area contributed by atoms with E-state index in [1.165, 1.54) is 16.3 Å². The highest BCUT2D eigenvalue weighted by Gasteiger charge is 2.34. The summed E-state index contributed by atoms with van der Waals surface area (Å²) in [6.45, 7) is 0. The van der Waals surface area contributed by atoms with Gasteiger partial charge in [0.05, 0.1) is 36.4 Å². The fourth-order valence-electron chi connectivity index (χ4n) is 3.51. The van der Waals surface area contributed by atoms with Gasteiger partial charge in [0.15, 0.2) is 0 Å². The first-order valence-electron chi connectivity index (χ1n) is 9.50. The van der Waals surface area contributed by atoms with Gasteiger partial charge in [-0.2, -0.15) is 16.4 Å². The van der Waals surface area contributed by atoms with Crippen LogP contribution in [0.2, 0.25) is 0 Å². The van der Waals surface area contributed by atoms with Crippen molar-refractivity contribution in [2.45, 2.75) is 12.5 Å². The van der Waals surface area contributed by atoms with Gasteiger partial charge >= 0.3 is 0 Å². The minimum absolute atomic E-state index is 0.211. The number of ether oxygens (including phenoxy) is 1. The van der Waals surface area contributed by atoms with Crippen LogP contribution in [0.25, 0.3) is 0 Å². The second-order valence-electron chi connectivity index (χ2n) is 7.12. The van der Waals surface area contributed by atoms with Crippen molar-refractivity contribution < 1.29 is 17.9 Å². The number of hydrogen-bond acceptors (Lipinski definition) is 6. The lowest BCUT2D eigenvalue weighted by atomic mass is 9.97. The summed E-state index contributed by atoms with van der Waals surface area (Å²) in [4.78, 5) is 13.2. The molecule has 4 rings (SSSR count). The Morgan fingerprint density at radius 3 is 2.71 bits per heavy atom. The second kappa shape index (κ2) is 8.52. The number of hydrogen-bond donors (Lipinski definition) is 1. The molecule has 1 N–H and O–H groups in total. The lowest BCUT2D eigenvalue weighted by Crippen LogP contribution is -2.26. The number of benzene rings is 2. The summed E-state index contributed by atoms with van der Waals surface area (Å²) < 4.78 is 31.5. The first-order valence-corrected chi connectivity index (χ1v) is 12.3. The van der Waals surface area contributed by atoms with Gasteiger partial charge in [-0.3, -0.25) is 9.52 Å². The molecule has 0 unspecified atom stereocenters. The van der Waals surface area contributed by atoms with Gasteiger partial charge in [0.25, 0.3) is 5.91 Å². The Kier molecular flexibility index (Phi) is 5.79. The Morgan fingerprint density at radius 1 is 1.19 bits per heavy atom. The van der Waals surface area contributed by atoms with E-state index in [1.807, 2.05) is 35.7 Å². The smallest absolute Gasteiger partial charge is 0.275 e. The molecule has 0 saturated heterocycles. The summed E-state index contributed by atoms with van der Waals surface area (Å²) in [6.07, 6.45) is 1.54. The fourth-order valence-corrected chi connectivity index (χ4v) is 4.72. The molecule has 160 valence electrons. The molecule has 0 aliphatic carbocycles. The summed E-state index contributed by atoms with van der Waals surface area (Å²) in [5.74, 6) is 0.477. The van der Waals surface area contributed by atoms with Crippen molar-refractivity contribution >= 4 is 38.7 Å². The molecular formula is C22H21N3O4S2. The summed E-state index contributed by atoms with van der Waals surface area (Å²) in [5.41, 5.74) is 3.14. The molecule has 2 aromatic carbocycles. The van der Waals surface area contributed by atoms with Gasteiger partial charge in [0, 0.05) is 17.4 Å². The number of hydrazone groups is 1. The topological polar surface area (TPSA) is 88.1 Å². The molecular weight excluding hydrogens is 434 g/mol. The van der Waals surface area contributed by atoms with Crippen molar-refractivity contribution in [3.8, 4) is 5.75 Å². The number of carbonyl (C=O) groups excluding carboxylic acids is 1. The number of anilines is 1. The van der Waals surface area contributed by atoms with Crippen LogP contribution in [0.5, 0.6) is 5.75 Å². The zero-order valence-corrected chi connectivity index (χ0v) is 18.6. The standard InChI is InChI=1S/C22H21N3O4S2/c1-29-17-7-5-6-15(12-17)21-13-20(23-25(21)22(26)16-10-11-30-14-16)18-8-3-4-9-19(18)24-31(2,27)28/h3-12,14,21,24H,13H2,1-2H3/t21-/m1/s1. The highest BCUT2D eigenvalue weighted by molar-refractivity contribution is 7.92. The minimum atomic E-state index is -3.47. The quantitative estimate of drug-likeness (QED) is 0.606. The van der Waals surface area contributed by atoms with Crippen molar-refractivity contribution in [3.05, 3.63) is 82.0 Å². The third-order valence-electron chi connectivity index (χ3n) is 4.90. The van der Waals surface area contributed by atoms with E-state index < -0.39 is 10.0 Å². The number of para-hydroxylation sites is 1. The normalized spacial score (nSPS) is 16.1. The van der Waals surface area contributed by atoms with E-state index >= 15 is 0 Å². The van der Waals surface area contributed by atoms with Crippen molar-refractivity contribution in [1.29, 1.82) is 0 Å². The predicted molar refractivity (Wildman–Crippen MR) is 122 cm³/mol. The molecule has 0 spiro atoms. The number of nitrogens with one attached hydrogen (secondary N) is 1. The summed E-state index contributed by atoms with van der Waals surface area (Å²) in [7, 11) is -1.88. The van der Waals surface area contributed by atoms with E-state index in [9.17, 15) is 13.2 Å². The van der Waals surface area contributed by atoms with E-state index in [-0.39, 0.29) is 11.9 Å². The molecule has 0 saturated carbocycles. The van der Waals surface area contributed by atoms with E-state index in [0.29, 0.717) is 34.7 Å². The van der Waals surface area contributed by atoms with Crippen LogP contribution < -0.4 is 9.46 Å². The lowest BCUT2D eigenvalue weighted by Gasteiger charge is -2.22. The van der Waals surface area contributed by atoms with E-state index in [1.54, 1.807) is 36.8 Å². The molecule has 1 aliphatic rings. The average molecular weight is 456 g/mol. The molecule has 7 nitrogen and oxygen atoms in total. The van der Waals surface area contributed by atoms with Gasteiger partial charge in [0.1, 0.15) is 5.75 Å². The maximum absolute atomic E-state index is 13.2. The highest BCUT2D eigenvalue weighted by Crippen LogP contribution is 2.36. The fraction of sp³-hybridized carbons (Fsp3) is 0.182. The van der Waals surface area contributed by atoms with Gasteiger partial charge in [0.2, 0.25) is 10.0 Å². The molecule has 0 fully saturated rings. The Hall–Kier alpha value is -3.17. The largest absolute Gasteiger partial charge is 0.497 e. The summed E-state index contributed by atoms with van der Waals surface area (Å²) in [5, 5.41) is 9.76. The van der Waals surface area contributed by atoms with Crippen LogP contribution in [0.3, 0.4) is 0 Å². The third-order valence-corrected chi connectivity index (χ3v) is 6.17. The van der Waals surface area contributed by atoms with Crippen LogP contribution in [0.4, 0.5) is 5.69 Å². The van der Waals surface area contributed by atoms with Crippen LogP contribution >= 0.6 is 11.3 Å². The number of nitrogens with zero attached hydrogens (tertiary/aromatic N) is 2. The Balaban J connectivity index is 1.77. The summed E-state index contributed by atoms with van der Waals surface area (Å²) in [6, 6.07) is 16.0. The molecule has 3 aromatic rings. The van der Waals surface area contributed by atoms with Gasteiger partial charge in [-0.1, -0.05) is 30.3 Å². The molecule has 0 radical (unpaired) electrons. The van der Waals surface area contributed by atoms with E-state index in [0.717, 1.165) is 11.8 Å². The van der Waals surface area contributed by atoms with E-state index in [2.05, 4.69) is 9.82 Å². The Morgan fingerprint density at radius 2 is 2.00 bits per heavy atom. The monoisotopic (exact) mass is 455 g/mol. The van der Waals surface area contributed by atoms with Crippen molar-refractivity contribution in [1.82, 2.24) is 5.01 Å². The van der Waals surface area contributed by atoms with Crippen molar-refractivity contribution in [2.75, 3.05) is 18.1 Å². The number of methoxy groups -OCH3 is 1. The van der Waals surface area contributed by atoms with Crippen LogP contribution in [-0.2, 0) is 10.0 Å². The van der Waals surface area contributed by atoms with Gasteiger partial charge in [-0.25, -0.2) is 13.4 Å². The predicted octanol–water partition coefficient (Wildman–Crippen LogP) is 4.12. The molecule has 1 atom stereocenters. The zero-order chi connectivity index (χ0) is 22.0. The van der Waals surface area contributed by atoms with Gasteiger partial charge in [-0.15, -0.1) is 0 Å². The first kappa shape index (κ1) is 21.1. The SMILES string of the molecule is COc1cccc([C@H]2CC(c3ccccc3NS(C)(=O)=O)=NN2C(=O)c2ccsc2)c1. The maximum Gasteiger partial charge on any atom is 0.275 e. The average Bonchev–Trinajstić information content (AvgIpc) is 3.43. The lowest BCUT2D eigenvalue weighted by molar-refractivity contribution is 0.0711. The van der Waals surface area contributed by atoms with Crippen LogP contribution in [0, 0.1) is 0 Å². The molecule has 2 heterocycles. The highest BCUT2D eigenvalue weighted by atomic mass is 32.2. The molecule has 1 aliphatic heterocycles. The maximum atomic E-state index is 13.2. The Bertz CT molecular complexity index is 1240. The van der Waals surface area contributed by atoms with Gasteiger partial charge in [-0.05, 0) is 35.2 Å². The zero-order valence-electron chi connectivity index (χ0n) is 17.0. The van der Waals surface area contributed by atoms with Crippen molar-refractivity contribution in [3.63, 3.8) is 0 Å². The van der Waals surface area contributed by atoms with E-state index in [4.69, 9.17) is 4.74 Å². The summed E-state index contributed by atoms with van der Waals surface area (Å²) >= 11 is 1.44. The number of rotatable bonds is 6. The van der Waals surface area contributed by atoms with Crippen LogP contribution in [-0.4, -0.2) is 38.4 Å². The second-order valence-corrected chi connectivity index (χ2v) is 9.65. The molecule has 1 amide bonds.